The minimum absolute atomic E-state index is 0.0407. The van der Waals surface area contributed by atoms with E-state index in [-0.39, 0.29) is 12.5 Å². The largest absolute Gasteiger partial charge is 0.479 e. The monoisotopic (exact) mass is 280 g/mol. The van der Waals surface area contributed by atoms with Crippen LogP contribution < -0.4 is 10.6 Å². The average Bonchev–Trinajstić information content (AvgIpc) is 2.44. The van der Waals surface area contributed by atoms with Crippen molar-refractivity contribution in [3.63, 3.8) is 0 Å². The van der Waals surface area contributed by atoms with Crippen LogP contribution in [-0.2, 0) is 19.9 Å². The van der Waals surface area contributed by atoms with E-state index in [9.17, 15) is 14.7 Å². The van der Waals surface area contributed by atoms with Gasteiger partial charge in [0.1, 0.15) is 0 Å². The van der Waals surface area contributed by atoms with Gasteiger partial charge in [0.15, 0.2) is 5.54 Å². The van der Waals surface area contributed by atoms with Gasteiger partial charge in [0.05, 0.1) is 13.2 Å². The van der Waals surface area contributed by atoms with E-state index in [0.29, 0.717) is 18.7 Å². The lowest BCUT2D eigenvalue weighted by molar-refractivity contribution is -0.147. The molecule has 20 heavy (non-hydrogen) atoms. The number of rotatable bonds is 8. The molecule has 6 heteroatoms. The molecule has 0 aliphatic heterocycles. The standard InChI is InChI=1S/C14H20N2O4/c1-14(13(18)19,11-6-4-3-5-7-11)16-12(17)10-15-8-9-20-2/h3-7,15H,8-10H2,1-2H3,(H,16,17)(H,18,19). The summed E-state index contributed by atoms with van der Waals surface area (Å²) in [6, 6.07) is 8.61. The zero-order valence-electron chi connectivity index (χ0n) is 11.7. The number of methoxy groups -OCH3 is 1. The molecule has 1 unspecified atom stereocenters. The number of ether oxygens (including phenoxy) is 1. The summed E-state index contributed by atoms with van der Waals surface area (Å²) < 4.78 is 4.84. The molecule has 0 radical (unpaired) electrons. The molecule has 0 saturated heterocycles. The highest BCUT2D eigenvalue weighted by molar-refractivity contribution is 5.88. The summed E-state index contributed by atoms with van der Waals surface area (Å²) in [7, 11) is 1.57. The number of hydrogen-bond acceptors (Lipinski definition) is 4. The van der Waals surface area contributed by atoms with Crippen molar-refractivity contribution in [3.05, 3.63) is 35.9 Å². The van der Waals surface area contributed by atoms with Gasteiger partial charge in [-0.15, -0.1) is 0 Å². The van der Waals surface area contributed by atoms with E-state index in [4.69, 9.17) is 4.74 Å². The first-order chi connectivity index (χ1) is 9.50. The highest BCUT2D eigenvalue weighted by Gasteiger charge is 2.36. The van der Waals surface area contributed by atoms with Crippen molar-refractivity contribution >= 4 is 11.9 Å². The van der Waals surface area contributed by atoms with Gasteiger partial charge in [-0.25, -0.2) is 4.79 Å². The number of hydrogen-bond donors (Lipinski definition) is 3. The van der Waals surface area contributed by atoms with Crippen molar-refractivity contribution < 1.29 is 19.4 Å². The van der Waals surface area contributed by atoms with Gasteiger partial charge in [-0.3, -0.25) is 4.79 Å². The third kappa shape index (κ3) is 4.32. The molecular formula is C14H20N2O4. The van der Waals surface area contributed by atoms with E-state index in [2.05, 4.69) is 10.6 Å². The minimum atomic E-state index is -1.44. The molecule has 0 heterocycles. The van der Waals surface area contributed by atoms with Gasteiger partial charge in [0.25, 0.3) is 0 Å². The van der Waals surface area contributed by atoms with Gasteiger partial charge in [-0.1, -0.05) is 30.3 Å². The maximum atomic E-state index is 11.8. The maximum Gasteiger partial charge on any atom is 0.333 e. The average molecular weight is 280 g/mol. The van der Waals surface area contributed by atoms with Crippen LogP contribution >= 0.6 is 0 Å². The zero-order valence-corrected chi connectivity index (χ0v) is 11.7. The van der Waals surface area contributed by atoms with E-state index in [0.717, 1.165) is 0 Å². The number of carbonyl (C=O) groups excluding carboxylic acids is 1. The van der Waals surface area contributed by atoms with Gasteiger partial charge in [0.2, 0.25) is 5.91 Å². The second-order valence-corrected chi connectivity index (χ2v) is 4.51. The molecule has 0 saturated carbocycles. The van der Waals surface area contributed by atoms with E-state index in [1.807, 2.05) is 0 Å². The van der Waals surface area contributed by atoms with Crippen LogP contribution in [-0.4, -0.2) is 43.8 Å². The summed E-state index contributed by atoms with van der Waals surface area (Å²) in [5.74, 6) is -1.48. The predicted octanol–water partition coefficient (Wildman–Crippen LogP) is 0.339. The van der Waals surface area contributed by atoms with Crippen molar-refractivity contribution in [1.29, 1.82) is 0 Å². The van der Waals surface area contributed by atoms with E-state index < -0.39 is 11.5 Å². The molecule has 0 aliphatic rings. The Morgan fingerprint density at radius 1 is 1.30 bits per heavy atom. The minimum Gasteiger partial charge on any atom is -0.479 e. The second kappa shape index (κ2) is 7.62. The summed E-state index contributed by atoms with van der Waals surface area (Å²) >= 11 is 0. The smallest absolute Gasteiger partial charge is 0.333 e. The molecule has 1 amide bonds. The Morgan fingerprint density at radius 2 is 1.95 bits per heavy atom. The van der Waals surface area contributed by atoms with Gasteiger partial charge >= 0.3 is 5.97 Å². The van der Waals surface area contributed by atoms with Crippen molar-refractivity contribution in [2.24, 2.45) is 0 Å². The Balaban J connectivity index is 2.68. The lowest BCUT2D eigenvalue weighted by Gasteiger charge is -2.26. The third-order valence-corrected chi connectivity index (χ3v) is 2.94. The summed E-state index contributed by atoms with van der Waals surface area (Å²) in [6.45, 7) is 2.53. The first kappa shape index (κ1) is 16.1. The van der Waals surface area contributed by atoms with Gasteiger partial charge in [-0.05, 0) is 12.5 Å². The lowest BCUT2D eigenvalue weighted by atomic mass is 9.92. The van der Waals surface area contributed by atoms with Crippen molar-refractivity contribution in [2.75, 3.05) is 26.8 Å². The maximum absolute atomic E-state index is 11.8. The van der Waals surface area contributed by atoms with Crippen LogP contribution in [0.3, 0.4) is 0 Å². The van der Waals surface area contributed by atoms with E-state index in [1.165, 1.54) is 6.92 Å². The zero-order chi connectivity index (χ0) is 15.0. The Bertz CT molecular complexity index is 450. The molecule has 3 N–H and O–H groups in total. The highest BCUT2D eigenvalue weighted by Crippen LogP contribution is 2.20. The fourth-order valence-corrected chi connectivity index (χ4v) is 1.72. The summed E-state index contributed by atoms with van der Waals surface area (Å²) in [4.78, 5) is 23.3. The van der Waals surface area contributed by atoms with Crippen molar-refractivity contribution in [2.45, 2.75) is 12.5 Å². The number of benzene rings is 1. The lowest BCUT2D eigenvalue weighted by Crippen LogP contribution is -2.52. The summed E-state index contributed by atoms with van der Waals surface area (Å²) in [5, 5.41) is 14.8. The Kier molecular flexibility index (Phi) is 6.14. The highest BCUT2D eigenvalue weighted by atomic mass is 16.5. The number of carboxylic acids is 1. The fraction of sp³-hybridized carbons (Fsp3) is 0.429. The molecule has 0 fully saturated rings. The van der Waals surface area contributed by atoms with Crippen LogP contribution in [0.15, 0.2) is 30.3 Å². The molecule has 110 valence electrons. The molecule has 1 atom stereocenters. The molecule has 6 nitrogen and oxygen atoms in total. The van der Waals surface area contributed by atoms with Crippen LogP contribution in [0, 0.1) is 0 Å². The molecule has 0 aliphatic carbocycles. The van der Waals surface area contributed by atoms with Crippen LogP contribution in [0.1, 0.15) is 12.5 Å². The van der Waals surface area contributed by atoms with Crippen LogP contribution in [0.4, 0.5) is 0 Å². The Labute approximate surface area is 118 Å². The van der Waals surface area contributed by atoms with Crippen LogP contribution in [0.25, 0.3) is 0 Å². The van der Waals surface area contributed by atoms with E-state index in [1.54, 1.807) is 37.4 Å². The van der Waals surface area contributed by atoms with Crippen LogP contribution in [0.2, 0.25) is 0 Å². The molecular weight excluding hydrogens is 260 g/mol. The molecule has 1 aromatic rings. The Hall–Kier alpha value is -1.92. The summed E-state index contributed by atoms with van der Waals surface area (Å²) in [5.41, 5.74) is -0.917. The first-order valence-corrected chi connectivity index (χ1v) is 6.30. The van der Waals surface area contributed by atoms with E-state index >= 15 is 0 Å². The topological polar surface area (TPSA) is 87.7 Å². The van der Waals surface area contributed by atoms with Gasteiger partial charge < -0.3 is 20.5 Å². The normalized spacial score (nSPS) is 13.5. The molecule has 1 aromatic carbocycles. The number of nitrogens with one attached hydrogen (secondary N) is 2. The first-order valence-electron chi connectivity index (χ1n) is 6.30. The predicted molar refractivity (Wildman–Crippen MR) is 74.3 cm³/mol. The number of carbonyl (C=O) groups is 2. The van der Waals surface area contributed by atoms with Gasteiger partial charge in [0, 0.05) is 13.7 Å². The fourth-order valence-electron chi connectivity index (χ4n) is 1.72. The quantitative estimate of drug-likeness (QED) is 0.598. The van der Waals surface area contributed by atoms with Crippen molar-refractivity contribution in [1.82, 2.24) is 10.6 Å². The summed E-state index contributed by atoms with van der Waals surface area (Å²) in [6.07, 6.45) is 0. The number of aliphatic carboxylic acids is 1. The number of carboxylic acid groups (broad SMARTS) is 1. The number of amides is 1. The SMILES string of the molecule is COCCNCC(=O)NC(C)(C(=O)O)c1ccccc1. The second-order valence-electron chi connectivity index (χ2n) is 4.51. The van der Waals surface area contributed by atoms with Crippen LogP contribution in [0.5, 0.6) is 0 Å². The molecule has 0 spiro atoms. The molecule has 1 rings (SSSR count). The molecule has 0 aromatic heterocycles. The third-order valence-electron chi connectivity index (χ3n) is 2.94. The van der Waals surface area contributed by atoms with Crippen molar-refractivity contribution in [3.8, 4) is 0 Å². The van der Waals surface area contributed by atoms with Gasteiger partial charge in [-0.2, -0.15) is 0 Å². The Morgan fingerprint density at radius 3 is 2.50 bits per heavy atom. The molecule has 0 bridgehead atoms.